The lowest BCUT2D eigenvalue weighted by Crippen LogP contribution is -2.47. The van der Waals surface area contributed by atoms with Crippen molar-refractivity contribution in [1.82, 2.24) is 4.90 Å². The molecule has 0 aromatic heterocycles. The van der Waals surface area contributed by atoms with Crippen molar-refractivity contribution in [3.63, 3.8) is 0 Å². The first kappa shape index (κ1) is 11.6. The Morgan fingerprint density at radius 2 is 2.18 bits per heavy atom. The van der Waals surface area contributed by atoms with Crippen LogP contribution in [0, 0.1) is 5.82 Å². The largest absolute Gasteiger partial charge is 0.370 e. The SMILES string of the molecule is C=CCN1C(N)=NCC1(C)c1ccc(F)cc1. The van der Waals surface area contributed by atoms with Gasteiger partial charge >= 0.3 is 0 Å². The topological polar surface area (TPSA) is 41.6 Å². The van der Waals surface area contributed by atoms with Gasteiger partial charge in [-0.05, 0) is 24.6 Å². The van der Waals surface area contributed by atoms with Crippen molar-refractivity contribution in [2.45, 2.75) is 12.5 Å². The molecular weight excluding hydrogens is 217 g/mol. The van der Waals surface area contributed by atoms with E-state index in [0.29, 0.717) is 19.0 Å². The van der Waals surface area contributed by atoms with Gasteiger partial charge in [0.1, 0.15) is 5.82 Å². The second-order valence-electron chi connectivity index (χ2n) is 4.35. The Hall–Kier alpha value is -1.84. The van der Waals surface area contributed by atoms with Gasteiger partial charge in [0.15, 0.2) is 5.96 Å². The van der Waals surface area contributed by atoms with Crippen molar-refractivity contribution < 1.29 is 4.39 Å². The lowest BCUT2D eigenvalue weighted by molar-refractivity contribution is 0.245. The summed E-state index contributed by atoms with van der Waals surface area (Å²) in [5.41, 5.74) is 6.55. The van der Waals surface area contributed by atoms with Gasteiger partial charge in [-0.1, -0.05) is 18.2 Å². The van der Waals surface area contributed by atoms with E-state index in [4.69, 9.17) is 5.73 Å². The second-order valence-corrected chi connectivity index (χ2v) is 4.35. The molecule has 1 aliphatic rings. The lowest BCUT2D eigenvalue weighted by Gasteiger charge is -2.36. The van der Waals surface area contributed by atoms with Crippen LogP contribution in [0.4, 0.5) is 4.39 Å². The number of benzene rings is 1. The average Bonchev–Trinajstić information content (AvgIpc) is 2.60. The van der Waals surface area contributed by atoms with Gasteiger partial charge in [-0.2, -0.15) is 0 Å². The number of hydrogen-bond donors (Lipinski definition) is 1. The predicted molar refractivity (Wildman–Crippen MR) is 67.1 cm³/mol. The molecule has 1 aliphatic heterocycles. The van der Waals surface area contributed by atoms with Crippen LogP contribution in [0.25, 0.3) is 0 Å². The third-order valence-corrected chi connectivity index (χ3v) is 3.20. The molecule has 1 aromatic carbocycles. The number of guanidine groups is 1. The van der Waals surface area contributed by atoms with Crippen LogP contribution in [-0.2, 0) is 5.54 Å². The Kier molecular flexibility index (Phi) is 2.88. The molecule has 17 heavy (non-hydrogen) atoms. The van der Waals surface area contributed by atoms with Gasteiger partial charge in [0.05, 0.1) is 12.1 Å². The van der Waals surface area contributed by atoms with Crippen LogP contribution in [-0.4, -0.2) is 23.9 Å². The Balaban J connectivity index is 2.35. The van der Waals surface area contributed by atoms with Gasteiger partial charge in [-0.15, -0.1) is 6.58 Å². The van der Waals surface area contributed by atoms with Gasteiger partial charge in [0.25, 0.3) is 0 Å². The third kappa shape index (κ3) is 1.90. The van der Waals surface area contributed by atoms with E-state index in [1.165, 1.54) is 12.1 Å². The minimum atomic E-state index is -0.314. The van der Waals surface area contributed by atoms with E-state index >= 15 is 0 Å². The fourth-order valence-electron chi connectivity index (χ4n) is 2.14. The molecule has 2 N–H and O–H groups in total. The minimum Gasteiger partial charge on any atom is -0.370 e. The molecular formula is C13H16FN3. The molecule has 1 unspecified atom stereocenters. The van der Waals surface area contributed by atoms with Crippen LogP contribution < -0.4 is 5.73 Å². The van der Waals surface area contributed by atoms with Crippen molar-refractivity contribution in [3.05, 3.63) is 48.3 Å². The fraction of sp³-hybridized carbons (Fsp3) is 0.308. The van der Waals surface area contributed by atoms with Gasteiger partial charge in [0, 0.05) is 6.54 Å². The number of rotatable bonds is 3. The first-order valence-corrected chi connectivity index (χ1v) is 5.52. The highest BCUT2D eigenvalue weighted by Gasteiger charge is 2.38. The Morgan fingerprint density at radius 3 is 2.76 bits per heavy atom. The molecule has 0 spiro atoms. The van der Waals surface area contributed by atoms with Gasteiger partial charge in [-0.25, -0.2) is 4.39 Å². The van der Waals surface area contributed by atoms with E-state index in [-0.39, 0.29) is 11.4 Å². The third-order valence-electron chi connectivity index (χ3n) is 3.20. The van der Waals surface area contributed by atoms with E-state index in [1.54, 1.807) is 18.2 Å². The zero-order valence-electron chi connectivity index (χ0n) is 9.86. The maximum atomic E-state index is 12.9. The molecule has 0 saturated heterocycles. The summed E-state index contributed by atoms with van der Waals surface area (Å²) >= 11 is 0. The molecule has 0 aliphatic carbocycles. The van der Waals surface area contributed by atoms with E-state index in [0.717, 1.165) is 5.56 Å². The maximum Gasteiger partial charge on any atom is 0.192 e. The zero-order chi connectivity index (χ0) is 12.5. The molecule has 0 radical (unpaired) electrons. The number of aliphatic imine (C=N–C) groups is 1. The standard InChI is InChI=1S/C13H16FN3/c1-3-8-17-12(15)16-9-13(17,2)10-4-6-11(14)7-5-10/h3-7H,1,8-9H2,2H3,(H2,15,16). The first-order chi connectivity index (χ1) is 8.08. The van der Waals surface area contributed by atoms with Crippen LogP contribution in [0.15, 0.2) is 41.9 Å². The van der Waals surface area contributed by atoms with E-state index in [1.807, 2.05) is 11.8 Å². The Labute approximate surface area is 100 Å². The zero-order valence-corrected chi connectivity index (χ0v) is 9.86. The van der Waals surface area contributed by atoms with Crippen molar-refractivity contribution in [1.29, 1.82) is 0 Å². The van der Waals surface area contributed by atoms with Gasteiger partial charge in [-0.3, -0.25) is 4.99 Å². The summed E-state index contributed by atoms with van der Waals surface area (Å²) in [7, 11) is 0. The summed E-state index contributed by atoms with van der Waals surface area (Å²) < 4.78 is 12.9. The van der Waals surface area contributed by atoms with Gasteiger partial charge in [0.2, 0.25) is 0 Å². The summed E-state index contributed by atoms with van der Waals surface area (Å²) in [5, 5.41) is 0. The van der Waals surface area contributed by atoms with Crippen molar-refractivity contribution in [2.24, 2.45) is 10.7 Å². The molecule has 1 aromatic rings. The second kappa shape index (κ2) is 4.20. The number of nitrogens with zero attached hydrogens (tertiary/aromatic N) is 2. The van der Waals surface area contributed by atoms with Crippen LogP contribution in [0.1, 0.15) is 12.5 Å². The van der Waals surface area contributed by atoms with Crippen LogP contribution in [0.3, 0.4) is 0 Å². The van der Waals surface area contributed by atoms with Crippen molar-refractivity contribution >= 4 is 5.96 Å². The Bertz CT molecular complexity index is 452. The molecule has 0 saturated carbocycles. The number of halogens is 1. The normalized spacial score (nSPS) is 23.6. The fourth-order valence-corrected chi connectivity index (χ4v) is 2.14. The molecule has 2 rings (SSSR count). The summed E-state index contributed by atoms with van der Waals surface area (Å²) in [4.78, 5) is 6.25. The van der Waals surface area contributed by atoms with Crippen molar-refractivity contribution in [2.75, 3.05) is 13.1 Å². The lowest BCUT2D eigenvalue weighted by atomic mass is 9.91. The van der Waals surface area contributed by atoms with Crippen LogP contribution >= 0.6 is 0 Å². The molecule has 4 heteroatoms. The highest BCUT2D eigenvalue weighted by Crippen LogP contribution is 2.32. The monoisotopic (exact) mass is 233 g/mol. The number of hydrogen-bond acceptors (Lipinski definition) is 3. The van der Waals surface area contributed by atoms with Crippen molar-refractivity contribution in [3.8, 4) is 0 Å². The quantitative estimate of drug-likeness (QED) is 0.810. The molecule has 1 heterocycles. The molecule has 0 fully saturated rings. The smallest absolute Gasteiger partial charge is 0.192 e. The maximum absolute atomic E-state index is 12.9. The minimum absolute atomic E-state index is 0.237. The number of nitrogens with two attached hydrogens (primary N) is 1. The summed E-state index contributed by atoms with van der Waals surface area (Å²) in [6, 6.07) is 6.47. The average molecular weight is 233 g/mol. The highest BCUT2D eigenvalue weighted by molar-refractivity contribution is 5.81. The molecule has 90 valence electrons. The van der Waals surface area contributed by atoms with Gasteiger partial charge < -0.3 is 10.6 Å². The van der Waals surface area contributed by atoms with E-state index < -0.39 is 0 Å². The summed E-state index contributed by atoms with van der Waals surface area (Å²) in [6.45, 7) is 6.98. The Morgan fingerprint density at radius 1 is 1.53 bits per heavy atom. The summed E-state index contributed by atoms with van der Waals surface area (Å²) in [5.74, 6) is 0.274. The predicted octanol–water partition coefficient (Wildman–Crippen LogP) is 1.86. The van der Waals surface area contributed by atoms with Crippen LogP contribution in [0.5, 0.6) is 0 Å². The molecule has 0 bridgehead atoms. The summed E-state index contributed by atoms with van der Waals surface area (Å²) in [6.07, 6.45) is 1.79. The molecule has 3 nitrogen and oxygen atoms in total. The van der Waals surface area contributed by atoms with E-state index in [9.17, 15) is 4.39 Å². The highest BCUT2D eigenvalue weighted by atomic mass is 19.1. The molecule has 1 atom stereocenters. The molecule has 0 amide bonds. The van der Waals surface area contributed by atoms with Crippen LogP contribution in [0.2, 0.25) is 0 Å². The van der Waals surface area contributed by atoms with E-state index in [2.05, 4.69) is 11.6 Å². The first-order valence-electron chi connectivity index (χ1n) is 5.52.